The molecular formula is C15H12FNO. The monoisotopic (exact) mass is 241 g/mol. The van der Waals surface area contributed by atoms with E-state index in [4.69, 9.17) is 4.74 Å². The molecule has 0 amide bonds. The zero-order valence-corrected chi connectivity index (χ0v) is 9.71. The van der Waals surface area contributed by atoms with Crippen molar-refractivity contribution in [3.8, 4) is 0 Å². The Morgan fingerprint density at radius 3 is 2.44 bits per heavy atom. The quantitative estimate of drug-likeness (QED) is 0.790. The lowest BCUT2D eigenvalue weighted by Gasteiger charge is -2.11. The van der Waals surface area contributed by atoms with E-state index in [1.807, 2.05) is 30.3 Å². The third-order valence-corrected chi connectivity index (χ3v) is 2.92. The summed E-state index contributed by atoms with van der Waals surface area (Å²) in [7, 11) is 0. The Labute approximate surface area is 105 Å². The standard InChI is InChI=1S/C15H12FNO/c16-13-8-6-12(7-9-13)15-17-10-14(18-15)11-4-2-1-3-5-11/h1-9,14H,10H2/t14-/m1/s1. The molecule has 2 aromatic carbocycles. The molecule has 0 spiro atoms. The second kappa shape index (κ2) is 4.61. The molecule has 0 aromatic heterocycles. The van der Waals surface area contributed by atoms with Gasteiger partial charge in [0.25, 0.3) is 0 Å². The molecule has 0 fully saturated rings. The van der Waals surface area contributed by atoms with E-state index in [0.717, 1.165) is 11.1 Å². The van der Waals surface area contributed by atoms with Crippen LogP contribution in [0.2, 0.25) is 0 Å². The molecule has 1 heterocycles. The van der Waals surface area contributed by atoms with Gasteiger partial charge in [0.15, 0.2) is 0 Å². The maximum Gasteiger partial charge on any atom is 0.216 e. The number of hydrogen-bond donors (Lipinski definition) is 0. The lowest BCUT2D eigenvalue weighted by Crippen LogP contribution is -2.06. The number of hydrogen-bond acceptors (Lipinski definition) is 2. The van der Waals surface area contributed by atoms with Crippen molar-refractivity contribution in [3.63, 3.8) is 0 Å². The maximum atomic E-state index is 12.8. The Hall–Kier alpha value is -2.16. The molecular weight excluding hydrogens is 229 g/mol. The molecule has 1 atom stereocenters. The number of benzene rings is 2. The van der Waals surface area contributed by atoms with Gasteiger partial charge in [-0.15, -0.1) is 0 Å². The summed E-state index contributed by atoms with van der Waals surface area (Å²) in [5, 5.41) is 0. The number of halogens is 1. The van der Waals surface area contributed by atoms with Gasteiger partial charge in [0.1, 0.15) is 11.9 Å². The summed E-state index contributed by atoms with van der Waals surface area (Å²) in [6, 6.07) is 16.2. The van der Waals surface area contributed by atoms with Crippen LogP contribution in [0.5, 0.6) is 0 Å². The van der Waals surface area contributed by atoms with Crippen LogP contribution < -0.4 is 0 Å². The van der Waals surface area contributed by atoms with Crippen LogP contribution in [0.25, 0.3) is 0 Å². The van der Waals surface area contributed by atoms with Crippen molar-refractivity contribution >= 4 is 5.90 Å². The van der Waals surface area contributed by atoms with E-state index in [2.05, 4.69) is 4.99 Å². The lowest BCUT2D eigenvalue weighted by atomic mass is 10.1. The van der Waals surface area contributed by atoms with Crippen LogP contribution in [0.1, 0.15) is 17.2 Å². The number of nitrogens with zero attached hydrogens (tertiary/aromatic N) is 1. The minimum Gasteiger partial charge on any atom is -0.467 e. The Morgan fingerprint density at radius 1 is 1.00 bits per heavy atom. The van der Waals surface area contributed by atoms with Crippen molar-refractivity contribution in [2.75, 3.05) is 6.54 Å². The van der Waals surface area contributed by atoms with Gasteiger partial charge >= 0.3 is 0 Å². The van der Waals surface area contributed by atoms with Crippen LogP contribution >= 0.6 is 0 Å². The molecule has 3 rings (SSSR count). The number of rotatable bonds is 2. The summed E-state index contributed by atoms with van der Waals surface area (Å²) in [4.78, 5) is 4.37. The van der Waals surface area contributed by atoms with Crippen molar-refractivity contribution in [3.05, 3.63) is 71.5 Å². The molecule has 2 nitrogen and oxygen atoms in total. The van der Waals surface area contributed by atoms with Crippen molar-refractivity contribution in [1.82, 2.24) is 0 Å². The molecule has 18 heavy (non-hydrogen) atoms. The maximum absolute atomic E-state index is 12.8. The number of aliphatic imine (C=N–C) groups is 1. The zero-order valence-electron chi connectivity index (χ0n) is 9.71. The minimum absolute atomic E-state index is 0.0359. The molecule has 3 heteroatoms. The molecule has 90 valence electrons. The van der Waals surface area contributed by atoms with Gasteiger partial charge in [-0.3, -0.25) is 0 Å². The van der Waals surface area contributed by atoms with Crippen LogP contribution in [-0.4, -0.2) is 12.4 Å². The minimum atomic E-state index is -0.253. The van der Waals surface area contributed by atoms with Crippen molar-refractivity contribution in [2.24, 2.45) is 4.99 Å². The third kappa shape index (κ3) is 2.12. The Balaban J connectivity index is 1.77. The normalized spacial score (nSPS) is 18.3. The van der Waals surface area contributed by atoms with Crippen LogP contribution in [0, 0.1) is 5.82 Å². The summed E-state index contributed by atoms with van der Waals surface area (Å²) < 4.78 is 18.6. The fourth-order valence-electron chi connectivity index (χ4n) is 1.97. The highest BCUT2D eigenvalue weighted by atomic mass is 19.1. The molecule has 0 unspecified atom stereocenters. The molecule has 0 saturated heterocycles. The zero-order chi connectivity index (χ0) is 12.4. The van der Waals surface area contributed by atoms with Gasteiger partial charge in [-0.2, -0.15) is 0 Å². The summed E-state index contributed by atoms with van der Waals surface area (Å²) in [5.41, 5.74) is 1.92. The van der Waals surface area contributed by atoms with Gasteiger partial charge in [0.05, 0.1) is 6.54 Å². The molecule has 0 radical (unpaired) electrons. The average molecular weight is 241 g/mol. The van der Waals surface area contributed by atoms with Gasteiger partial charge in [-0.05, 0) is 29.8 Å². The van der Waals surface area contributed by atoms with E-state index in [-0.39, 0.29) is 11.9 Å². The van der Waals surface area contributed by atoms with E-state index in [9.17, 15) is 4.39 Å². The fraction of sp³-hybridized carbons (Fsp3) is 0.133. The van der Waals surface area contributed by atoms with Crippen molar-refractivity contribution in [1.29, 1.82) is 0 Å². The Kier molecular flexibility index (Phi) is 2.81. The summed E-state index contributed by atoms with van der Waals surface area (Å²) in [6.45, 7) is 0.608. The highest BCUT2D eigenvalue weighted by Crippen LogP contribution is 2.25. The first-order valence-electron chi connectivity index (χ1n) is 5.85. The highest BCUT2D eigenvalue weighted by Gasteiger charge is 2.22. The first-order valence-corrected chi connectivity index (χ1v) is 5.85. The van der Waals surface area contributed by atoms with E-state index >= 15 is 0 Å². The largest absolute Gasteiger partial charge is 0.467 e. The first-order chi connectivity index (χ1) is 8.83. The topological polar surface area (TPSA) is 21.6 Å². The van der Waals surface area contributed by atoms with Crippen LogP contribution in [0.3, 0.4) is 0 Å². The first kappa shape index (κ1) is 11.0. The summed E-state index contributed by atoms with van der Waals surface area (Å²) >= 11 is 0. The third-order valence-electron chi connectivity index (χ3n) is 2.92. The van der Waals surface area contributed by atoms with E-state index in [1.54, 1.807) is 12.1 Å². The SMILES string of the molecule is Fc1ccc(C2=NC[C@H](c3ccccc3)O2)cc1. The van der Waals surface area contributed by atoms with Crippen LogP contribution in [0.15, 0.2) is 59.6 Å². The second-order valence-electron chi connectivity index (χ2n) is 4.17. The Morgan fingerprint density at radius 2 is 1.72 bits per heavy atom. The smallest absolute Gasteiger partial charge is 0.216 e. The van der Waals surface area contributed by atoms with E-state index in [1.165, 1.54) is 12.1 Å². The van der Waals surface area contributed by atoms with Gasteiger partial charge in [0.2, 0.25) is 5.90 Å². The lowest BCUT2D eigenvalue weighted by molar-refractivity contribution is 0.230. The molecule has 1 aliphatic heterocycles. The molecule has 0 N–H and O–H groups in total. The van der Waals surface area contributed by atoms with Crippen molar-refractivity contribution in [2.45, 2.75) is 6.10 Å². The second-order valence-corrected chi connectivity index (χ2v) is 4.17. The van der Waals surface area contributed by atoms with E-state index in [0.29, 0.717) is 12.4 Å². The molecule has 0 saturated carbocycles. The predicted octanol–water partition coefficient (Wildman–Crippen LogP) is 3.34. The van der Waals surface area contributed by atoms with Gasteiger partial charge < -0.3 is 4.74 Å². The molecule has 1 aliphatic rings. The molecule has 0 bridgehead atoms. The van der Waals surface area contributed by atoms with Gasteiger partial charge in [0, 0.05) is 5.56 Å². The summed E-state index contributed by atoms with van der Waals surface area (Å²) in [6.07, 6.45) is -0.0359. The fourth-order valence-corrected chi connectivity index (χ4v) is 1.97. The summed E-state index contributed by atoms with van der Waals surface area (Å²) in [5.74, 6) is 0.334. The van der Waals surface area contributed by atoms with E-state index < -0.39 is 0 Å². The van der Waals surface area contributed by atoms with Crippen molar-refractivity contribution < 1.29 is 9.13 Å². The average Bonchev–Trinajstić information content (AvgIpc) is 2.90. The Bertz CT molecular complexity index is 563. The van der Waals surface area contributed by atoms with Gasteiger partial charge in [-0.25, -0.2) is 9.38 Å². The molecule has 2 aromatic rings. The predicted molar refractivity (Wildman–Crippen MR) is 68.1 cm³/mol. The van der Waals surface area contributed by atoms with Crippen LogP contribution in [0.4, 0.5) is 4.39 Å². The van der Waals surface area contributed by atoms with Gasteiger partial charge in [-0.1, -0.05) is 30.3 Å². The molecule has 0 aliphatic carbocycles. The number of ether oxygens (including phenoxy) is 1. The highest BCUT2D eigenvalue weighted by molar-refractivity contribution is 5.95. The van der Waals surface area contributed by atoms with Crippen LogP contribution in [-0.2, 0) is 4.74 Å².